The van der Waals surface area contributed by atoms with Crippen LogP contribution in [0, 0.1) is 11.3 Å². The first-order valence-corrected chi connectivity index (χ1v) is 7.00. The summed E-state index contributed by atoms with van der Waals surface area (Å²) in [4.78, 5) is 12.5. The number of fused-ring (bicyclic) bond motifs is 2. The fourth-order valence-corrected chi connectivity index (χ4v) is 4.26. The van der Waals surface area contributed by atoms with Gasteiger partial charge in [-0.3, -0.25) is 0 Å². The molecule has 0 amide bonds. The predicted octanol–water partition coefficient (Wildman–Crippen LogP) is -0.908. The van der Waals surface area contributed by atoms with E-state index in [1.54, 1.807) is 6.33 Å². The smallest absolute Gasteiger partial charge is 0.165 e. The van der Waals surface area contributed by atoms with Crippen LogP contribution >= 0.6 is 0 Å². The Hall–Kier alpha value is -1.77. The van der Waals surface area contributed by atoms with E-state index in [1.165, 1.54) is 6.33 Å². The number of nitrogen functional groups attached to an aromatic ring is 1. The zero-order chi connectivity index (χ0) is 14.4. The van der Waals surface area contributed by atoms with Gasteiger partial charge in [0.05, 0.1) is 31.7 Å². The minimum atomic E-state index is -0.651. The molecule has 2 aromatic heterocycles. The first-order chi connectivity index (χ1) is 10.1. The summed E-state index contributed by atoms with van der Waals surface area (Å²) in [6, 6.07) is -0.0704. The molecule has 8 nitrogen and oxygen atoms in total. The topological polar surface area (TPSA) is 123 Å². The molecular weight excluding hydrogens is 274 g/mol. The van der Waals surface area contributed by atoms with Crippen LogP contribution in [-0.4, -0.2) is 54.7 Å². The SMILES string of the molecule is Nc1ncnc2c1ncn2[C@@H]1[C@H]2C[C@@]2(CO)C(O)[C@]12CO2. The highest BCUT2D eigenvalue weighted by atomic mass is 16.6. The maximum absolute atomic E-state index is 10.6. The van der Waals surface area contributed by atoms with E-state index in [2.05, 4.69) is 15.0 Å². The Morgan fingerprint density at radius 2 is 2.24 bits per heavy atom. The van der Waals surface area contributed by atoms with Crippen LogP contribution in [0.1, 0.15) is 12.5 Å². The summed E-state index contributed by atoms with van der Waals surface area (Å²) in [5.41, 5.74) is 5.99. The Kier molecular flexibility index (Phi) is 1.89. The lowest BCUT2D eigenvalue weighted by Crippen LogP contribution is -2.39. The van der Waals surface area contributed by atoms with E-state index in [0.29, 0.717) is 23.6 Å². The first-order valence-electron chi connectivity index (χ1n) is 7.00. The molecule has 110 valence electrons. The molecular formula is C13H15N5O3. The summed E-state index contributed by atoms with van der Waals surface area (Å²) in [7, 11) is 0. The van der Waals surface area contributed by atoms with Crippen molar-refractivity contribution in [2.45, 2.75) is 24.2 Å². The van der Waals surface area contributed by atoms with Crippen LogP contribution in [0.2, 0.25) is 0 Å². The molecule has 3 aliphatic rings. The van der Waals surface area contributed by atoms with Crippen molar-refractivity contribution < 1.29 is 14.9 Å². The van der Waals surface area contributed by atoms with Gasteiger partial charge in [0.1, 0.15) is 17.4 Å². The van der Waals surface area contributed by atoms with Crippen molar-refractivity contribution in [2.24, 2.45) is 11.3 Å². The number of epoxide rings is 1. The van der Waals surface area contributed by atoms with Crippen LogP contribution < -0.4 is 5.73 Å². The number of aromatic nitrogens is 4. The molecule has 0 bridgehead atoms. The van der Waals surface area contributed by atoms with Crippen molar-refractivity contribution in [1.82, 2.24) is 19.5 Å². The third-order valence-corrected chi connectivity index (χ3v) is 5.53. The number of nitrogens with zero attached hydrogens (tertiary/aromatic N) is 4. The van der Waals surface area contributed by atoms with Crippen molar-refractivity contribution in [3.63, 3.8) is 0 Å². The molecule has 5 atom stereocenters. The number of aliphatic hydroxyl groups excluding tert-OH is 2. The van der Waals surface area contributed by atoms with Gasteiger partial charge in [0.15, 0.2) is 11.5 Å². The third-order valence-electron chi connectivity index (χ3n) is 5.53. The summed E-state index contributed by atoms with van der Waals surface area (Å²) in [6.45, 7) is 0.474. The minimum Gasteiger partial charge on any atom is -0.396 e. The summed E-state index contributed by atoms with van der Waals surface area (Å²) < 4.78 is 7.56. The number of imidazole rings is 1. The standard InChI is InChI=1S/C13H15N5O3/c14-9-7-10(16-4-15-9)18(5-17-7)8-6-1-12(6,2-19)11(20)13(8)3-21-13/h4-6,8,11,19-20H,1-3H2,(H2,14,15,16)/t6-,8-,11?,12+,13+/m1/s1. The molecule has 5 rings (SSSR count). The summed E-state index contributed by atoms with van der Waals surface area (Å²) in [5.74, 6) is 0.515. The number of anilines is 1. The molecule has 2 aliphatic carbocycles. The van der Waals surface area contributed by atoms with Gasteiger partial charge in [-0.2, -0.15) is 0 Å². The molecule has 0 aromatic carbocycles. The summed E-state index contributed by atoms with van der Waals surface area (Å²) >= 11 is 0. The van der Waals surface area contributed by atoms with Gasteiger partial charge < -0.3 is 25.3 Å². The first kappa shape index (κ1) is 11.8. The van der Waals surface area contributed by atoms with Crippen LogP contribution in [0.4, 0.5) is 5.82 Å². The van der Waals surface area contributed by atoms with Gasteiger partial charge in [-0.05, 0) is 12.3 Å². The quantitative estimate of drug-likeness (QED) is 0.612. The Bertz CT molecular complexity index is 757. The Morgan fingerprint density at radius 1 is 1.43 bits per heavy atom. The molecule has 2 aromatic rings. The number of aliphatic hydroxyl groups is 2. The summed E-state index contributed by atoms with van der Waals surface area (Å²) in [5, 5.41) is 20.3. The van der Waals surface area contributed by atoms with E-state index in [0.717, 1.165) is 6.42 Å². The van der Waals surface area contributed by atoms with Gasteiger partial charge in [-0.15, -0.1) is 0 Å². The minimum absolute atomic E-state index is 0.0236. The molecule has 4 N–H and O–H groups in total. The molecule has 3 heterocycles. The Labute approximate surface area is 119 Å². The zero-order valence-electron chi connectivity index (χ0n) is 11.2. The van der Waals surface area contributed by atoms with Gasteiger partial charge in [-0.1, -0.05) is 0 Å². The lowest BCUT2D eigenvalue weighted by Gasteiger charge is -2.24. The molecule has 21 heavy (non-hydrogen) atoms. The fourth-order valence-electron chi connectivity index (χ4n) is 4.26. The van der Waals surface area contributed by atoms with E-state index in [1.807, 2.05) is 4.57 Å². The maximum Gasteiger partial charge on any atom is 0.165 e. The lowest BCUT2D eigenvalue weighted by molar-refractivity contribution is 0.00704. The fraction of sp³-hybridized carbons (Fsp3) is 0.615. The van der Waals surface area contributed by atoms with Crippen LogP contribution in [0.3, 0.4) is 0 Å². The van der Waals surface area contributed by atoms with E-state index < -0.39 is 17.1 Å². The molecule has 3 fully saturated rings. The second-order valence-electron chi connectivity index (χ2n) is 6.38. The van der Waals surface area contributed by atoms with Crippen molar-refractivity contribution in [2.75, 3.05) is 18.9 Å². The van der Waals surface area contributed by atoms with E-state index in [4.69, 9.17) is 10.5 Å². The van der Waals surface area contributed by atoms with Crippen molar-refractivity contribution in [3.8, 4) is 0 Å². The molecule has 1 saturated heterocycles. The lowest BCUT2D eigenvalue weighted by atomic mass is 9.92. The van der Waals surface area contributed by atoms with Crippen molar-refractivity contribution in [1.29, 1.82) is 0 Å². The Balaban J connectivity index is 1.69. The Morgan fingerprint density at radius 3 is 2.95 bits per heavy atom. The van der Waals surface area contributed by atoms with E-state index >= 15 is 0 Å². The van der Waals surface area contributed by atoms with Crippen LogP contribution in [0.15, 0.2) is 12.7 Å². The number of nitrogens with two attached hydrogens (primary N) is 1. The molecule has 1 spiro atoms. The highest BCUT2D eigenvalue weighted by Crippen LogP contribution is 2.74. The van der Waals surface area contributed by atoms with Crippen LogP contribution in [-0.2, 0) is 4.74 Å². The second kappa shape index (κ2) is 3.34. The van der Waals surface area contributed by atoms with E-state index in [9.17, 15) is 10.2 Å². The average molecular weight is 289 g/mol. The number of hydrogen-bond acceptors (Lipinski definition) is 7. The van der Waals surface area contributed by atoms with Crippen LogP contribution in [0.5, 0.6) is 0 Å². The van der Waals surface area contributed by atoms with Crippen molar-refractivity contribution >= 4 is 17.0 Å². The number of hydrogen-bond donors (Lipinski definition) is 3. The molecule has 8 heteroatoms. The van der Waals surface area contributed by atoms with Gasteiger partial charge in [0, 0.05) is 5.41 Å². The molecule has 2 saturated carbocycles. The van der Waals surface area contributed by atoms with Crippen molar-refractivity contribution in [3.05, 3.63) is 12.7 Å². The highest BCUT2D eigenvalue weighted by Gasteiger charge is 2.81. The normalized spacial score (nSPS) is 43.4. The van der Waals surface area contributed by atoms with Gasteiger partial charge in [-0.25, -0.2) is 15.0 Å². The third kappa shape index (κ3) is 1.16. The number of ether oxygens (including phenoxy) is 1. The predicted molar refractivity (Wildman–Crippen MR) is 71.1 cm³/mol. The zero-order valence-corrected chi connectivity index (χ0v) is 11.2. The molecule has 1 unspecified atom stereocenters. The maximum atomic E-state index is 10.6. The highest BCUT2D eigenvalue weighted by molar-refractivity contribution is 5.81. The number of rotatable bonds is 2. The van der Waals surface area contributed by atoms with Gasteiger partial charge >= 0.3 is 0 Å². The largest absolute Gasteiger partial charge is 0.396 e. The van der Waals surface area contributed by atoms with Gasteiger partial charge in [0.25, 0.3) is 0 Å². The molecule has 1 aliphatic heterocycles. The monoisotopic (exact) mass is 289 g/mol. The molecule has 0 radical (unpaired) electrons. The van der Waals surface area contributed by atoms with Crippen LogP contribution in [0.25, 0.3) is 11.2 Å². The van der Waals surface area contributed by atoms with E-state index in [-0.39, 0.29) is 18.6 Å². The van der Waals surface area contributed by atoms with Gasteiger partial charge in [0.2, 0.25) is 0 Å². The summed E-state index contributed by atoms with van der Waals surface area (Å²) in [6.07, 6.45) is 3.23. The average Bonchev–Trinajstić information content (AvgIpc) is 3.36. The second-order valence-corrected chi connectivity index (χ2v) is 6.38.